The van der Waals surface area contributed by atoms with Crippen LogP contribution in [0, 0.1) is 0 Å². The lowest BCUT2D eigenvalue weighted by atomic mass is 10.2. The van der Waals surface area contributed by atoms with Crippen LogP contribution >= 0.6 is 23.4 Å². The predicted octanol–water partition coefficient (Wildman–Crippen LogP) is 4.93. The number of hydrogen-bond acceptors (Lipinski definition) is 8. The number of hydrogen-bond donors (Lipinski definition) is 0. The zero-order valence-electron chi connectivity index (χ0n) is 16.6. The van der Waals surface area contributed by atoms with Gasteiger partial charge in [-0.15, -0.1) is 10.2 Å². The van der Waals surface area contributed by atoms with E-state index < -0.39 is 0 Å². The number of rotatable bonds is 7. The second kappa shape index (κ2) is 8.85. The third-order valence-electron chi connectivity index (χ3n) is 4.39. The first-order chi connectivity index (χ1) is 14.6. The zero-order valence-corrected chi connectivity index (χ0v) is 18.2. The molecule has 1 aromatic carbocycles. The molecule has 30 heavy (non-hydrogen) atoms. The summed E-state index contributed by atoms with van der Waals surface area (Å²) in [6.07, 6.45) is 1.66. The molecule has 0 aliphatic rings. The summed E-state index contributed by atoms with van der Waals surface area (Å²) in [7, 11) is 1.61. The van der Waals surface area contributed by atoms with Gasteiger partial charge in [0.25, 0.3) is 5.89 Å². The van der Waals surface area contributed by atoms with Gasteiger partial charge in [-0.1, -0.05) is 34.6 Å². The Hall–Kier alpha value is -2.91. The molecule has 1 atom stereocenters. The molecule has 0 N–H and O–H groups in total. The van der Waals surface area contributed by atoms with Crippen molar-refractivity contribution in [2.45, 2.75) is 30.8 Å². The number of ether oxygens (including phenoxy) is 1. The Bertz CT molecular complexity index is 1140. The average molecular weight is 443 g/mol. The van der Waals surface area contributed by atoms with Crippen molar-refractivity contribution >= 4 is 23.4 Å². The molecule has 3 aromatic heterocycles. The van der Waals surface area contributed by atoms with Crippen molar-refractivity contribution in [3.8, 4) is 28.7 Å². The van der Waals surface area contributed by atoms with E-state index in [0.29, 0.717) is 34.9 Å². The molecule has 1 unspecified atom stereocenters. The van der Waals surface area contributed by atoms with Gasteiger partial charge in [0.1, 0.15) is 11.4 Å². The highest BCUT2D eigenvalue weighted by molar-refractivity contribution is 7.99. The van der Waals surface area contributed by atoms with Crippen LogP contribution in [0.2, 0.25) is 5.02 Å². The van der Waals surface area contributed by atoms with Crippen molar-refractivity contribution in [2.24, 2.45) is 0 Å². The van der Waals surface area contributed by atoms with E-state index in [1.165, 1.54) is 11.8 Å². The first-order valence-corrected chi connectivity index (χ1v) is 10.5. The summed E-state index contributed by atoms with van der Waals surface area (Å²) >= 11 is 7.56. The topological polar surface area (TPSA) is 91.8 Å². The summed E-state index contributed by atoms with van der Waals surface area (Å²) in [6.45, 7) is 4.74. The molecule has 8 nitrogen and oxygen atoms in total. The van der Waals surface area contributed by atoms with Gasteiger partial charge in [0.05, 0.1) is 18.6 Å². The highest BCUT2D eigenvalue weighted by Gasteiger charge is 2.21. The van der Waals surface area contributed by atoms with Crippen molar-refractivity contribution in [3.63, 3.8) is 0 Å². The molecule has 0 aliphatic heterocycles. The van der Waals surface area contributed by atoms with Crippen LogP contribution < -0.4 is 4.74 Å². The summed E-state index contributed by atoms with van der Waals surface area (Å²) in [6, 6.07) is 11.0. The Balaban J connectivity index is 1.55. The average Bonchev–Trinajstić information content (AvgIpc) is 3.41. The molecule has 0 saturated heterocycles. The maximum absolute atomic E-state index is 6.05. The molecule has 0 amide bonds. The minimum Gasteiger partial charge on any atom is -0.495 e. The summed E-state index contributed by atoms with van der Waals surface area (Å²) in [5.41, 5.74) is 1.51. The van der Waals surface area contributed by atoms with E-state index in [1.807, 2.05) is 42.7 Å². The number of nitrogens with zero attached hydrogens (tertiary/aromatic N) is 6. The van der Waals surface area contributed by atoms with Crippen LogP contribution in [-0.4, -0.2) is 37.0 Å². The number of methoxy groups -OCH3 is 1. The van der Waals surface area contributed by atoms with Gasteiger partial charge >= 0.3 is 0 Å². The maximum Gasteiger partial charge on any atom is 0.258 e. The van der Waals surface area contributed by atoms with Crippen LogP contribution in [0.15, 0.2) is 52.3 Å². The lowest BCUT2D eigenvalue weighted by Gasteiger charge is -2.09. The van der Waals surface area contributed by atoms with E-state index in [0.717, 1.165) is 16.4 Å². The first-order valence-electron chi connectivity index (χ1n) is 9.29. The van der Waals surface area contributed by atoms with Crippen LogP contribution in [0.5, 0.6) is 5.75 Å². The number of benzene rings is 1. The minimum atomic E-state index is -0.0899. The quantitative estimate of drug-likeness (QED) is 0.372. The standard InChI is InChI=1S/C20H19ClN6O2S/c1-4-27-18(16-9-8-15(28-3)11-22-16)24-25-20(27)30-12(2)17-23-19(29-26-17)13-6-5-7-14(21)10-13/h5-12H,4H2,1-3H3. The second-order valence-corrected chi connectivity index (χ2v) is 8.11. The summed E-state index contributed by atoms with van der Waals surface area (Å²) in [5.74, 6) is 2.39. The fourth-order valence-corrected chi connectivity index (χ4v) is 3.97. The third-order valence-corrected chi connectivity index (χ3v) is 5.71. The predicted molar refractivity (Wildman–Crippen MR) is 114 cm³/mol. The lowest BCUT2D eigenvalue weighted by molar-refractivity contribution is 0.413. The first kappa shape index (κ1) is 20.4. The molecular formula is C20H19ClN6O2S. The van der Waals surface area contributed by atoms with Gasteiger partial charge in [-0.25, -0.2) is 4.98 Å². The molecule has 4 aromatic rings. The van der Waals surface area contributed by atoms with E-state index in [-0.39, 0.29) is 5.25 Å². The van der Waals surface area contributed by atoms with Gasteiger partial charge < -0.3 is 13.8 Å². The van der Waals surface area contributed by atoms with Gasteiger partial charge in [-0.3, -0.25) is 0 Å². The van der Waals surface area contributed by atoms with Crippen LogP contribution in [0.25, 0.3) is 23.0 Å². The van der Waals surface area contributed by atoms with Crippen LogP contribution in [0.1, 0.15) is 24.9 Å². The number of halogens is 1. The van der Waals surface area contributed by atoms with Crippen LogP contribution in [0.3, 0.4) is 0 Å². The minimum absolute atomic E-state index is 0.0899. The van der Waals surface area contributed by atoms with E-state index in [2.05, 4.69) is 25.3 Å². The number of thioether (sulfide) groups is 1. The molecule has 0 aliphatic carbocycles. The molecule has 0 radical (unpaired) electrons. The summed E-state index contributed by atoms with van der Waals surface area (Å²) in [5, 5.41) is 14.1. The van der Waals surface area contributed by atoms with E-state index in [9.17, 15) is 0 Å². The highest BCUT2D eigenvalue weighted by Crippen LogP contribution is 2.35. The fourth-order valence-electron chi connectivity index (χ4n) is 2.83. The van der Waals surface area contributed by atoms with Crippen molar-refractivity contribution in [2.75, 3.05) is 7.11 Å². The number of aromatic nitrogens is 6. The largest absolute Gasteiger partial charge is 0.495 e. The van der Waals surface area contributed by atoms with E-state index in [1.54, 1.807) is 25.4 Å². The summed E-state index contributed by atoms with van der Waals surface area (Å²) < 4.78 is 12.6. The Kier molecular flexibility index (Phi) is 6.01. The van der Waals surface area contributed by atoms with Crippen molar-refractivity contribution in [1.29, 1.82) is 0 Å². The SMILES string of the molecule is CCn1c(SC(C)c2noc(-c3cccc(Cl)c3)n2)nnc1-c1ccc(OC)cn1. The van der Waals surface area contributed by atoms with Gasteiger partial charge in [0.15, 0.2) is 16.8 Å². The monoisotopic (exact) mass is 442 g/mol. The van der Waals surface area contributed by atoms with Crippen LogP contribution in [0.4, 0.5) is 0 Å². The maximum atomic E-state index is 6.05. The van der Waals surface area contributed by atoms with E-state index in [4.69, 9.17) is 20.9 Å². The lowest BCUT2D eigenvalue weighted by Crippen LogP contribution is -2.02. The molecule has 0 fully saturated rings. The second-order valence-electron chi connectivity index (χ2n) is 6.36. The van der Waals surface area contributed by atoms with Gasteiger partial charge in [0.2, 0.25) is 0 Å². The van der Waals surface area contributed by atoms with Crippen LogP contribution in [-0.2, 0) is 6.54 Å². The normalized spacial score (nSPS) is 12.1. The Morgan fingerprint density at radius 1 is 1.23 bits per heavy atom. The van der Waals surface area contributed by atoms with Gasteiger partial charge in [-0.2, -0.15) is 4.98 Å². The fraction of sp³-hybridized carbons (Fsp3) is 0.250. The molecule has 10 heteroatoms. The van der Waals surface area contributed by atoms with Gasteiger partial charge in [0, 0.05) is 17.1 Å². The molecular weight excluding hydrogens is 424 g/mol. The Morgan fingerprint density at radius 2 is 2.10 bits per heavy atom. The van der Waals surface area contributed by atoms with Crippen molar-refractivity contribution in [1.82, 2.24) is 29.9 Å². The Morgan fingerprint density at radius 3 is 2.80 bits per heavy atom. The molecule has 154 valence electrons. The van der Waals surface area contributed by atoms with Crippen molar-refractivity contribution in [3.05, 3.63) is 53.4 Å². The molecule has 0 bridgehead atoms. The Labute approximate surface area is 182 Å². The number of pyridine rings is 1. The summed E-state index contributed by atoms with van der Waals surface area (Å²) in [4.78, 5) is 8.93. The molecule has 0 saturated carbocycles. The zero-order chi connectivity index (χ0) is 21.1. The smallest absolute Gasteiger partial charge is 0.258 e. The van der Waals surface area contributed by atoms with Gasteiger partial charge in [-0.05, 0) is 44.2 Å². The highest BCUT2D eigenvalue weighted by atomic mass is 35.5. The molecule has 0 spiro atoms. The third kappa shape index (κ3) is 4.17. The van der Waals surface area contributed by atoms with Crippen molar-refractivity contribution < 1.29 is 9.26 Å². The molecule has 4 rings (SSSR count). The van der Waals surface area contributed by atoms with E-state index >= 15 is 0 Å². The molecule has 3 heterocycles.